The number of imidazole rings is 1. The predicted molar refractivity (Wildman–Crippen MR) is 104 cm³/mol. The van der Waals surface area contributed by atoms with Crippen LogP contribution in [0.4, 0.5) is 5.69 Å². The van der Waals surface area contributed by atoms with Crippen molar-refractivity contribution in [2.45, 2.75) is 13.3 Å². The van der Waals surface area contributed by atoms with E-state index in [0.717, 1.165) is 34.8 Å². The van der Waals surface area contributed by atoms with Crippen LogP contribution in [0.15, 0.2) is 67.0 Å². The molecule has 5 nitrogen and oxygen atoms in total. The molecule has 0 saturated carbocycles. The maximum atomic E-state index is 12.1. The molecule has 2 N–H and O–H groups in total. The minimum absolute atomic E-state index is 0.187. The zero-order valence-electron chi connectivity index (χ0n) is 14.6. The molecule has 0 fully saturated rings. The standard InChI is InChI=1S/C21H21N3O2/c1-2-14-26-19-9-6-16(7-10-19)8-11-20(25)24-18-5-3-4-17(15-18)21-22-12-13-23-21/h3-13,15H,2,14H2,1H3,(H,22,23)(H,24,25)/b11-8+. The molecule has 0 atom stereocenters. The van der Waals surface area contributed by atoms with E-state index in [0.29, 0.717) is 6.61 Å². The molecule has 132 valence electrons. The van der Waals surface area contributed by atoms with Gasteiger partial charge >= 0.3 is 0 Å². The third-order valence-electron chi connectivity index (χ3n) is 3.68. The Bertz CT molecular complexity index is 869. The van der Waals surface area contributed by atoms with E-state index in [9.17, 15) is 4.79 Å². The van der Waals surface area contributed by atoms with Crippen molar-refractivity contribution in [1.82, 2.24) is 9.97 Å². The fourth-order valence-electron chi connectivity index (χ4n) is 2.42. The van der Waals surface area contributed by atoms with E-state index in [1.165, 1.54) is 6.08 Å². The summed E-state index contributed by atoms with van der Waals surface area (Å²) in [5, 5.41) is 2.86. The van der Waals surface area contributed by atoms with E-state index in [-0.39, 0.29) is 5.91 Å². The number of anilines is 1. The van der Waals surface area contributed by atoms with Crippen molar-refractivity contribution in [2.24, 2.45) is 0 Å². The van der Waals surface area contributed by atoms with Crippen LogP contribution in [0, 0.1) is 0 Å². The Morgan fingerprint density at radius 1 is 1.23 bits per heavy atom. The molecule has 0 radical (unpaired) electrons. The highest BCUT2D eigenvalue weighted by atomic mass is 16.5. The van der Waals surface area contributed by atoms with Crippen LogP contribution in [0.25, 0.3) is 17.5 Å². The summed E-state index contributed by atoms with van der Waals surface area (Å²) in [5.74, 6) is 1.41. The van der Waals surface area contributed by atoms with Gasteiger partial charge in [-0.2, -0.15) is 0 Å². The van der Waals surface area contributed by atoms with Gasteiger partial charge in [-0.3, -0.25) is 4.79 Å². The van der Waals surface area contributed by atoms with Crippen molar-refractivity contribution in [3.05, 3.63) is 72.6 Å². The molecule has 3 aromatic rings. The van der Waals surface area contributed by atoms with Crippen LogP contribution in [0.2, 0.25) is 0 Å². The SMILES string of the molecule is CCCOc1ccc(/C=C/C(=O)Nc2cccc(-c3ncc[nH]3)c2)cc1. The van der Waals surface area contributed by atoms with Gasteiger partial charge in [0.15, 0.2) is 0 Å². The van der Waals surface area contributed by atoms with Gasteiger partial charge in [-0.1, -0.05) is 31.2 Å². The van der Waals surface area contributed by atoms with Crippen molar-refractivity contribution in [3.8, 4) is 17.1 Å². The molecule has 0 aliphatic carbocycles. The molecule has 3 rings (SSSR count). The molecule has 0 spiro atoms. The number of rotatable bonds is 7. The molecular weight excluding hydrogens is 326 g/mol. The first kappa shape index (κ1) is 17.5. The second-order valence-corrected chi connectivity index (χ2v) is 5.76. The first-order valence-corrected chi connectivity index (χ1v) is 8.56. The largest absolute Gasteiger partial charge is 0.494 e. The lowest BCUT2D eigenvalue weighted by atomic mass is 10.2. The van der Waals surface area contributed by atoms with Crippen LogP contribution in [-0.4, -0.2) is 22.5 Å². The van der Waals surface area contributed by atoms with Crippen LogP contribution >= 0.6 is 0 Å². The van der Waals surface area contributed by atoms with Crippen LogP contribution in [-0.2, 0) is 4.79 Å². The molecule has 2 aromatic carbocycles. The molecule has 1 aromatic heterocycles. The fourth-order valence-corrected chi connectivity index (χ4v) is 2.42. The van der Waals surface area contributed by atoms with Crippen LogP contribution < -0.4 is 10.1 Å². The van der Waals surface area contributed by atoms with Gasteiger partial charge in [-0.05, 0) is 42.3 Å². The lowest BCUT2D eigenvalue weighted by molar-refractivity contribution is -0.111. The number of aromatic nitrogens is 2. The first-order chi connectivity index (χ1) is 12.7. The topological polar surface area (TPSA) is 67.0 Å². The highest BCUT2D eigenvalue weighted by Crippen LogP contribution is 2.19. The monoisotopic (exact) mass is 347 g/mol. The number of carbonyl (C=O) groups excluding carboxylic acids is 1. The third kappa shape index (κ3) is 4.83. The van der Waals surface area contributed by atoms with Gasteiger partial charge in [0.1, 0.15) is 11.6 Å². The zero-order valence-corrected chi connectivity index (χ0v) is 14.6. The number of nitrogens with one attached hydrogen (secondary N) is 2. The highest BCUT2D eigenvalue weighted by molar-refractivity contribution is 6.02. The van der Waals surface area contributed by atoms with Crippen molar-refractivity contribution in [2.75, 3.05) is 11.9 Å². The number of hydrogen-bond donors (Lipinski definition) is 2. The molecule has 0 saturated heterocycles. The number of aromatic amines is 1. The predicted octanol–water partition coefficient (Wildman–Crippen LogP) is 4.52. The maximum absolute atomic E-state index is 12.1. The second-order valence-electron chi connectivity index (χ2n) is 5.76. The van der Waals surface area contributed by atoms with E-state index >= 15 is 0 Å². The Morgan fingerprint density at radius 3 is 2.81 bits per heavy atom. The number of H-pyrrole nitrogens is 1. The van der Waals surface area contributed by atoms with Crippen LogP contribution in [0.5, 0.6) is 5.75 Å². The maximum Gasteiger partial charge on any atom is 0.248 e. The van der Waals surface area contributed by atoms with Crippen molar-refractivity contribution in [1.29, 1.82) is 0 Å². The third-order valence-corrected chi connectivity index (χ3v) is 3.68. The van der Waals surface area contributed by atoms with Gasteiger partial charge in [0.2, 0.25) is 5.91 Å². The molecule has 0 bridgehead atoms. The molecule has 5 heteroatoms. The van der Waals surface area contributed by atoms with Crippen molar-refractivity contribution >= 4 is 17.7 Å². The van der Waals surface area contributed by atoms with Gasteiger partial charge in [0.05, 0.1) is 6.61 Å². The zero-order chi connectivity index (χ0) is 18.2. The summed E-state index contributed by atoms with van der Waals surface area (Å²) in [6.45, 7) is 2.77. The Balaban J connectivity index is 1.60. The molecule has 26 heavy (non-hydrogen) atoms. The van der Waals surface area contributed by atoms with Gasteiger partial charge in [0.25, 0.3) is 0 Å². The van der Waals surface area contributed by atoms with Crippen LogP contribution in [0.1, 0.15) is 18.9 Å². The normalized spacial score (nSPS) is 10.8. The Hall–Kier alpha value is -3.34. The lowest BCUT2D eigenvalue weighted by Crippen LogP contribution is -2.07. The second kappa shape index (κ2) is 8.67. The van der Waals surface area contributed by atoms with E-state index in [2.05, 4.69) is 22.2 Å². The van der Waals surface area contributed by atoms with Gasteiger partial charge < -0.3 is 15.0 Å². The number of hydrogen-bond acceptors (Lipinski definition) is 3. The average molecular weight is 347 g/mol. The summed E-state index contributed by atoms with van der Waals surface area (Å²) in [6, 6.07) is 15.2. The number of amides is 1. The van der Waals surface area contributed by atoms with E-state index in [4.69, 9.17) is 4.74 Å². The number of benzene rings is 2. The molecule has 0 aliphatic heterocycles. The van der Waals surface area contributed by atoms with Gasteiger partial charge in [-0.15, -0.1) is 0 Å². The summed E-state index contributed by atoms with van der Waals surface area (Å²) < 4.78 is 5.55. The van der Waals surface area contributed by atoms with E-state index < -0.39 is 0 Å². The summed E-state index contributed by atoms with van der Waals surface area (Å²) in [5.41, 5.74) is 2.57. The molecule has 0 unspecified atom stereocenters. The molecule has 0 aliphatic rings. The quantitative estimate of drug-likeness (QED) is 0.618. The fraction of sp³-hybridized carbons (Fsp3) is 0.143. The van der Waals surface area contributed by atoms with Crippen molar-refractivity contribution < 1.29 is 9.53 Å². The molecule has 1 amide bonds. The summed E-state index contributed by atoms with van der Waals surface area (Å²) >= 11 is 0. The first-order valence-electron chi connectivity index (χ1n) is 8.56. The lowest BCUT2D eigenvalue weighted by Gasteiger charge is -2.05. The number of nitrogens with zero attached hydrogens (tertiary/aromatic N) is 1. The average Bonchev–Trinajstić information content (AvgIpc) is 3.21. The summed E-state index contributed by atoms with van der Waals surface area (Å²) in [7, 11) is 0. The Kier molecular flexibility index (Phi) is 5.83. The number of carbonyl (C=O) groups is 1. The minimum atomic E-state index is -0.187. The Morgan fingerprint density at radius 2 is 2.08 bits per heavy atom. The molecular formula is C21H21N3O2. The minimum Gasteiger partial charge on any atom is -0.494 e. The van der Waals surface area contributed by atoms with E-state index in [1.54, 1.807) is 18.5 Å². The summed E-state index contributed by atoms with van der Waals surface area (Å²) in [4.78, 5) is 19.4. The summed E-state index contributed by atoms with van der Waals surface area (Å²) in [6.07, 6.45) is 7.73. The van der Waals surface area contributed by atoms with E-state index in [1.807, 2.05) is 48.5 Å². The number of ether oxygens (including phenoxy) is 1. The van der Waals surface area contributed by atoms with Crippen molar-refractivity contribution in [3.63, 3.8) is 0 Å². The molecule has 1 heterocycles. The van der Waals surface area contributed by atoms with Gasteiger partial charge in [0, 0.05) is 29.7 Å². The highest BCUT2D eigenvalue weighted by Gasteiger charge is 2.03. The Labute approximate surface area is 152 Å². The smallest absolute Gasteiger partial charge is 0.248 e. The van der Waals surface area contributed by atoms with Crippen LogP contribution in [0.3, 0.4) is 0 Å². The van der Waals surface area contributed by atoms with Gasteiger partial charge in [-0.25, -0.2) is 4.98 Å².